The van der Waals surface area contributed by atoms with E-state index in [1.807, 2.05) is 24.3 Å². The Kier molecular flexibility index (Phi) is 5.99. The van der Waals surface area contributed by atoms with Crippen LogP contribution in [0.3, 0.4) is 0 Å². The lowest BCUT2D eigenvalue weighted by Crippen LogP contribution is -2.25. The van der Waals surface area contributed by atoms with Gasteiger partial charge in [-0.3, -0.25) is 4.79 Å². The van der Waals surface area contributed by atoms with Crippen molar-refractivity contribution in [1.29, 1.82) is 0 Å². The molecule has 0 radical (unpaired) electrons. The molecule has 0 bridgehead atoms. The van der Waals surface area contributed by atoms with Crippen molar-refractivity contribution < 1.29 is 13.9 Å². The number of nitrogens with zero attached hydrogens (tertiary/aromatic N) is 1. The second-order valence-electron chi connectivity index (χ2n) is 5.92. The molecule has 2 N–H and O–H groups in total. The maximum Gasteiger partial charge on any atom is 0.251 e. The Hall–Kier alpha value is -3.41. The average molecular weight is 365 g/mol. The number of carbonyl (C=O) groups is 1. The highest BCUT2D eigenvalue weighted by Crippen LogP contribution is 2.16. The lowest BCUT2D eigenvalue weighted by Gasteiger charge is -2.09. The van der Waals surface area contributed by atoms with Crippen molar-refractivity contribution in [2.24, 2.45) is 0 Å². The second-order valence-corrected chi connectivity index (χ2v) is 5.92. The number of methoxy groups -OCH3 is 1. The number of aromatic nitrogens is 1. The van der Waals surface area contributed by atoms with E-state index in [2.05, 4.69) is 15.6 Å². The summed E-state index contributed by atoms with van der Waals surface area (Å²) in [6, 6.07) is 17.0. The number of ether oxygens (including phenoxy) is 1. The number of benzene rings is 2. The number of pyridine rings is 1. The van der Waals surface area contributed by atoms with E-state index in [1.54, 1.807) is 37.6 Å². The van der Waals surface area contributed by atoms with Crippen LogP contribution in [-0.2, 0) is 6.42 Å². The first-order chi connectivity index (χ1) is 13.1. The van der Waals surface area contributed by atoms with Crippen LogP contribution in [0.2, 0.25) is 0 Å². The van der Waals surface area contributed by atoms with Gasteiger partial charge in [-0.05, 0) is 60.5 Å². The van der Waals surface area contributed by atoms with Gasteiger partial charge in [0.2, 0.25) is 0 Å². The van der Waals surface area contributed by atoms with Gasteiger partial charge in [-0.1, -0.05) is 12.1 Å². The number of halogens is 1. The van der Waals surface area contributed by atoms with Gasteiger partial charge in [0, 0.05) is 24.0 Å². The van der Waals surface area contributed by atoms with Gasteiger partial charge in [-0.25, -0.2) is 9.37 Å². The van der Waals surface area contributed by atoms with Crippen molar-refractivity contribution in [2.45, 2.75) is 6.42 Å². The summed E-state index contributed by atoms with van der Waals surface area (Å²) in [4.78, 5) is 16.6. The van der Waals surface area contributed by atoms with E-state index >= 15 is 0 Å². The molecule has 0 unspecified atom stereocenters. The maximum absolute atomic E-state index is 13.0. The Morgan fingerprint density at radius 3 is 2.70 bits per heavy atom. The van der Waals surface area contributed by atoms with Crippen LogP contribution in [0, 0.1) is 5.82 Å². The lowest BCUT2D eigenvalue weighted by molar-refractivity contribution is 0.0954. The van der Waals surface area contributed by atoms with Gasteiger partial charge in [0.05, 0.1) is 7.11 Å². The molecule has 0 saturated carbocycles. The molecule has 6 heteroatoms. The Morgan fingerprint density at radius 2 is 1.93 bits per heavy atom. The van der Waals surface area contributed by atoms with Crippen LogP contribution in [0.5, 0.6) is 5.75 Å². The quantitative estimate of drug-likeness (QED) is 0.666. The third-order valence-electron chi connectivity index (χ3n) is 3.97. The van der Waals surface area contributed by atoms with Gasteiger partial charge in [0.1, 0.15) is 17.4 Å². The van der Waals surface area contributed by atoms with Gasteiger partial charge < -0.3 is 15.4 Å². The standard InChI is InChI=1S/C21H20FN3O2/c1-27-19-4-2-3-15(13-19)9-11-24-21(26)16-10-12-23-20(14-16)25-18-7-5-17(22)6-8-18/h2-8,10,12-14H,9,11H2,1H3,(H,23,25)(H,24,26). The second kappa shape index (κ2) is 8.80. The summed E-state index contributed by atoms with van der Waals surface area (Å²) in [7, 11) is 1.63. The summed E-state index contributed by atoms with van der Waals surface area (Å²) in [6.07, 6.45) is 2.26. The minimum atomic E-state index is -0.308. The summed E-state index contributed by atoms with van der Waals surface area (Å²) in [5, 5.41) is 5.95. The molecule has 3 rings (SSSR count). The topological polar surface area (TPSA) is 63.2 Å². The zero-order chi connectivity index (χ0) is 19.1. The fourth-order valence-corrected chi connectivity index (χ4v) is 2.57. The number of amides is 1. The molecule has 0 saturated heterocycles. The summed E-state index contributed by atoms with van der Waals surface area (Å²) in [6.45, 7) is 0.509. The van der Waals surface area contributed by atoms with Crippen LogP contribution in [0.15, 0.2) is 66.9 Å². The minimum absolute atomic E-state index is 0.178. The van der Waals surface area contributed by atoms with Crippen molar-refractivity contribution in [1.82, 2.24) is 10.3 Å². The molecule has 27 heavy (non-hydrogen) atoms. The molecule has 0 spiro atoms. The molecule has 1 heterocycles. The largest absolute Gasteiger partial charge is 0.497 e. The molecule has 138 valence electrons. The third-order valence-corrected chi connectivity index (χ3v) is 3.97. The summed E-state index contributed by atoms with van der Waals surface area (Å²) >= 11 is 0. The monoisotopic (exact) mass is 365 g/mol. The molecule has 1 aromatic heterocycles. The van der Waals surface area contributed by atoms with E-state index in [-0.39, 0.29) is 11.7 Å². The molecule has 0 fully saturated rings. The Bertz CT molecular complexity index is 913. The molecule has 2 aromatic carbocycles. The van der Waals surface area contributed by atoms with Crippen molar-refractivity contribution in [3.63, 3.8) is 0 Å². The van der Waals surface area contributed by atoms with Crippen LogP contribution in [0.4, 0.5) is 15.9 Å². The van der Waals surface area contributed by atoms with Gasteiger partial charge in [-0.15, -0.1) is 0 Å². The van der Waals surface area contributed by atoms with Gasteiger partial charge in [0.15, 0.2) is 0 Å². The molecular formula is C21H20FN3O2. The molecular weight excluding hydrogens is 345 g/mol. The molecule has 0 aliphatic heterocycles. The number of hydrogen-bond donors (Lipinski definition) is 2. The number of hydrogen-bond acceptors (Lipinski definition) is 4. The molecule has 0 aliphatic rings. The molecule has 1 amide bonds. The fourth-order valence-electron chi connectivity index (χ4n) is 2.57. The molecule has 0 atom stereocenters. The van der Waals surface area contributed by atoms with Crippen LogP contribution in [0.1, 0.15) is 15.9 Å². The fraction of sp³-hybridized carbons (Fsp3) is 0.143. The molecule has 3 aromatic rings. The van der Waals surface area contributed by atoms with Crippen molar-refractivity contribution in [3.8, 4) is 5.75 Å². The first-order valence-electron chi connectivity index (χ1n) is 8.54. The molecule has 0 aliphatic carbocycles. The third kappa shape index (κ3) is 5.28. The van der Waals surface area contributed by atoms with E-state index in [4.69, 9.17) is 4.74 Å². The van der Waals surface area contributed by atoms with E-state index in [9.17, 15) is 9.18 Å². The van der Waals surface area contributed by atoms with Gasteiger partial charge >= 0.3 is 0 Å². The van der Waals surface area contributed by atoms with E-state index in [0.29, 0.717) is 30.0 Å². The summed E-state index contributed by atoms with van der Waals surface area (Å²) in [5.41, 5.74) is 2.28. The van der Waals surface area contributed by atoms with E-state index in [1.165, 1.54) is 12.1 Å². The van der Waals surface area contributed by atoms with Crippen molar-refractivity contribution in [3.05, 3.63) is 83.8 Å². The van der Waals surface area contributed by atoms with Gasteiger partial charge in [-0.2, -0.15) is 0 Å². The minimum Gasteiger partial charge on any atom is -0.497 e. The van der Waals surface area contributed by atoms with Crippen LogP contribution in [0.25, 0.3) is 0 Å². The molecule has 5 nitrogen and oxygen atoms in total. The summed E-state index contributed by atoms with van der Waals surface area (Å²) < 4.78 is 18.2. The Morgan fingerprint density at radius 1 is 1.11 bits per heavy atom. The highest BCUT2D eigenvalue weighted by atomic mass is 19.1. The van der Waals surface area contributed by atoms with Crippen molar-refractivity contribution in [2.75, 3.05) is 19.0 Å². The first kappa shape index (κ1) is 18.4. The highest BCUT2D eigenvalue weighted by Gasteiger charge is 2.07. The van der Waals surface area contributed by atoms with Gasteiger partial charge in [0.25, 0.3) is 5.91 Å². The van der Waals surface area contributed by atoms with Crippen LogP contribution < -0.4 is 15.4 Å². The number of anilines is 2. The SMILES string of the molecule is COc1cccc(CCNC(=O)c2ccnc(Nc3ccc(F)cc3)c2)c1. The zero-order valence-electron chi connectivity index (χ0n) is 14.9. The highest BCUT2D eigenvalue weighted by molar-refractivity contribution is 5.94. The number of nitrogens with one attached hydrogen (secondary N) is 2. The van der Waals surface area contributed by atoms with Crippen LogP contribution in [-0.4, -0.2) is 24.5 Å². The predicted molar refractivity (Wildman–Crippen MR) is 103 cm³/mol. The Labute approximate surface area is 157 Å². The maximum atomic E-state index is 13.0. The lowest BCUT2D eigenvalue weighted by atomic mass is 10.1. The number of carbonyl (C=O) groups excluding carboxylic acids is 1. The van der Waals surface area contributed by atoms with E-state index in [0.717, 1.165) is 11.3 Å². The van der Waals surface area contributed by atoms with Crippen molar-refractivity contribution >= 4 is 17.4 Å². The smallest absolute Gasteiger partial charge is 0.251 e. The summed E-state index contributed by atoms with van der Waals surface area (Å²) in [5.74, 6) is 0.826. The predicted octanol–water partition coefficient (Wildman–Crippen LogP) is 3.95. The Balaban J connectivity index is 1.57. The number of rotatable bonds is 7. The zero-order valence-corrected chi connectivity index (χ0v) is 14.9. The normalized spacial score (nSPS) is 10.3. The average Bonchev–Trinajstić information content (AvgIpc) is 2.70. The first-order valence-corrected chi connectivity index (χ1v) is 8.54. The van der Waals surface area contributed by atoms with Crippen LogP contribution >= 0.6 is 0 Å². The van der Waals surface area contributed by atoms with E-state index < -0.39 is 0 Å².